The van der Waals surface area contributed by atoms with Crippen LogP contribution in [0.2, 0.25) is 0 Å². The lowest BCUT2D eigenvalue weighted by Crippen LogP contribution is -2.48. The summed E-state index contributed by atoms with van der Waals surface area (Å²) in [6, 6.07) is 31.3. The topological polar surface area (TPSA) is 24.5 Å². The second-order valence-electron chi connectivity index (χ2n) is 9.84. The lowest BCUT2D eigenvalue weighted by atomic mass is 9.89. The fourth-order valence-electron chi connectivity index (χ4n) is 5.53. The predicted molar refractivity (Wildman–Crippen MR) is 147 cm³/mol. The van der Waals surface area contributed by atoms with Crippen molar-refractivity contribution in [3.8, 4) is 5.75 Å². The van der Waals surface area contributed by atoms with E-state index in [0.717, 1.165) is 12.3 Å². The number of piperidine rings is 1. The van der Waals surface area contributed by atoms with E-state index in [1.807, 2.05) is 6.07 Å². The lowest BCUT2D eigenvalue weighted by molar-refractivity contribution is 0.108. The summed E-state index contributed by atoms with van der Waals surface area (Å²) in [5.41, 5.74) is 4.14. The summed E-state index contributed by atoms with van der Waals surface area (Å²) < 4.78 is 5.59. The first-order valence-electron chi connectivity index (χ1n) is 13.5. The third-order valence-corrected chi connectivity index (χ3v) is 7.38. The van der Waals surface area contributed by atoms with Gasteiger partial charge in [-0.2, -0.15) is 0 Å². The summed E-state index contributed by atoms with van der Waals surface area (Å²) in [5, 5.41) is 3.90. The van der Waals surface area contributed by atoms with E-state index in [4.69, 9.17) is 4.74 Å². The zero-order chi connectivity index (χ0) is 24.1. The highest BCUT2D eigenvalue weighted by molar-refractivity contribution is 5.33. The van der Waals surface area contributed by atoms with Crippen LogP contribution in [0.15, 0.2) is 84.9 Å². The molecular weight excluding hydrogens is 428 g/mol. The number of aryl methyl sites for hydroxylation is 1. The maximum Gasteiger partial charge on any atom is 0.123 e. The van der Waals surface area contributed by atoms with Crippen molar-refractivity contribution in [2.24, 2.45) is 0 Å². The summed E-state index contributed by atoms with van der Waals surface area (Å²) in [4.78, 5) is 2.74. The van der Waals surface area contributed by atoms with Crippen LogP contribution < -0.4 is 10.1 Å². The van der Waals surface area contributed by atoms with Crippen molar-refractivity contribution in [3.05, 3.63) is 102 Å². The molecule has 3 aromatic carbocycles. The van der Waals surface area contributed by atoms with Gasteiger partial charge in [0.2, 0.25) is 0 Å². The Morgan fingerprint density at radius 3 is 2.29 bits per heavy atom. The molecule has 1 saturated heterocycles. The number of benzene rings is 3. The molecule has 3 heteroatoms. The zero-order valence-corrected chi connectivity index (χ0v) is 21.4. The average Bonchev–Trinajstić information content (AvgIpc) is 2.92. The van der Waals surface area contributed by atoms with E-state index in [2.05, 4.69) is 89.1 Å². The molecule has 3 nitrogen and oxygen atoms in total. The minimum Gasteiger partial charge on any atom is -0.496 e. The Kier molecular flexibility index (Phi) is 10.2. The number of nitrogens with one attached hydrogen (secondary N) is 1. The Labute approximate surface area is 212 Å². The van der Waals surface area contributed by atoms with Gasteiger partial charge in [0.05, 0.1) is 13.2 Å². The van der Waals surface area contributed by atoms with Crippen LogP contribution in [0.1, 0.15) is 67.7 Å². The van der Waals surface area contributed by atoms with Crippen molar-refractivity contribution >= 4 is 0 Å². The van der Waals surface area contributed by atoms with Gasteiger partial charge in [-0.1, -0.05) is 98.1 Å². The quantitative estimate of drug-likeness (QED) is 0.268. The van der Waals surface area contributed by atoms with Crippen LogP contribution in [0.3, 0.4) is 0 Å². The van der Waals surface area contributed by atoms with Crippen LogP contribution in [0.25, 0.3) is 0 Å². The van der Waals surface area contributed by atoms with Crippen LogP contribution in [-0.4, -0.2) is 31.1 Å². The standard InChI is InChI=1S/C32H42N2O/c1-35-31-23-13-12-21-29(31)26-33-30-22-15-25-34(32(30)28-19-10-6-11-20-28)24-14-4-2-3-7-16-27-17-8-5-9-18-27/h5-6,8-13,17-21,23,30,32-33H,2-4,7,14-16,22,24-26H2,1H3. The van der Waals surface area contributed by atoms with Crippen molar-refractivity contribution in [1.82, 2.24) is 10.2 Å². The molecule has 35 heavy (non-hydrogen) atoms. The average molecular weight is 471 g/mol. The van der Waals surface area contributed by atoms with Crippen LogP contribution in [0.4, 0.5) is 0 Å². The number of rotatable bonds is 13. The monoisotopic (exact) mass is 470 g/mol. The van der Waals surface area contributed by atoms with Crippen LogP contribution >= 0.6 is 0 Å². The molecule has 3 aromatic rings. The number of nitrogens with zero attached hydrogens (tertiary/aromatic N) is 1. The Morgan fingerprint density at radius 1 is 0.800 bits per heavy atom. The number of unbranched alkanes of at least 4 members (excludes halogenated alkanes) is 4. The van der Waals surface area contributed by atoms with Gasteiger partial charge in [0.15, 0.2) is 0 Å². The molecule has 186 valence electrons. The van der Waals surface area contributed by atoms with Gasteiger partial charge in [-0.05, 0) is 62.4 Å². The SMILES string of the molecule is COc1ccccc1CNC1CCCN(CCCCCCCc2ccccc2)C1c1ccccc1. The van der Waals surface area contributed by atoms with Gasteiger partial charge in [-0.15, -0.1) is 0 Å². The van der Waals surface area contributed by atoms with E-state index < -0.39 is 0 Å². The molecule has 0 spiro atoms. The van der Waals surface area contributed by atoms with E-state index in [0.29, 0.717) is 12.1 Å². The van der Waals surface area contributed by atoms with Gasteiger partial charge in [-0.3, -0.25) is 4.90 Å². The van der Waals surface area contributed by atoms with Gasteiger partial charge < -0.3 is 10.1 Å². The molecule has 1 aliphatic heterocycles. The lowest BCUT2D eigenvalue weighted by Gasteiger charge is -2.42. The third-order valence-electron chi connectivity index (χ3n) is 7.38. The number of para-hydroxylation sites is 1. The van der Waals surface area contributed by atoms with Crippen LogP contribution in [0.5, 0.6) is 5.75 Å². The van der Waals surface area contributed by atoms with E-state index >= 15 is 0 Å². The van der Waals surface area contributed by atoms with Gasteiger partial charge >= 0.3 is 0 Å². The Bertz CT molecular complexity index is 975. The molecule has 0 aromatic heterocycles. The van der Waals surface area contributed by atoms with E-state index in [-0.39, 0.29) is 0 Å². The highest BCUT2D eigenvalue weighted by Crippen LogP contribution is 2.32. The van der Waals surface area contributed by atoms with Gasteiger partial charge in [0.1, 0.15) is 5.75 Å². The van der Waals surface area contributed by atoms with E-state index in [1.165, 1.54) is 81.1 Å². The Hall–Kier alpha value is -2.62. The predicted octanol–water partition coefficient (Wildman–Crippen LogP) is 7.18. The fraction of sp³-hybridized carbons (Fsp3) is 0.438. The van der Waals surface area contributed by atoms with Crippen molar-refractivity contribution < 1.29 is 4.74 Å². The van der Waals surface area contributed by atoms with Crippen molar-refractivity contribution in [3.63, 3.8) is 0 Å². The maximum absolute atomic E-state index is 5.59. The number of methoxy groups -OCH3 is 1. The summed E-state index contributed by atoms with van der Waals surface area (Å²) in [5.74, 6) is 0.969. The molecule has 2 atom stereocenters. The number of ether oxygens (including phenoxy) is 1. The first-order chi connectivity index (χ1) is 17.3. The zero-order valence-electron chi connectivity index (χ0n) is 21.4. The molecule has 0 aliphatic carbocycles. The van der Waals surface area contributed by atoms with Gasteiger partial charge in [-0.25, -0.2) is 0 Å². The van der Waals surface area contributed by atoms with Gasteiger partial charge in [0.25, 0.3) is 0 Å². The smallest absolute Gasteiger partial charge is 0.123 e. The van der Waals surface area contributed by atoms with Crippen molar-refractivity contribution in [1.29, 1.82) is 0 Å². The Morgan fingerprint density at radius 2 is 1.49 bits per heavy atom. The number of hydrogen-bond acceptors (Lipinski definition) is 3. The highest BCUT2D eigenvalue weighted by atomic mass is 16.5. The first-order valence-corrected chi connectivity index (χ1v) is 13.5. The normalized spacial score (nSPS) is 18.4. The van der Waals surface area contributed by atoms with Crippen LogP contribution in [0, 0.1) is 0 Å². The van der Waals surface area contributed by atoms with Crippen molar-refractivity contribution in [2.45, 2.75) is 70.0 Å². The molecular formula is C32H42N2O. The number of likely N-dealkylation sites (tertiary alicyclic amines) is 1. The summed E-state index contributed by atoms with van der Waals surface area (Å²) in [6.07, 6.45) is 10.3. The fourth-order valence-corrected chi connectivity index (χ4v) is 5.53. The first kappa shape index (κ1) is 25.5. The second-order valence-corrected chi connectivity index (χ2v) is 9.84. The summed E-state index contributed by atoms with van der Waals surface area (Å²) in [6.45, 7) is 3.22. The second kappa shape index (κ2) is 14.1. The maximum atomic E-state index is 5.59. The van der Waals surface area contributed by atoms with E-state index in [1.54, 1.807) is 7.11 Å². The molecule has 0 amide bonds. The van der Waals surface area contributed by atoms with E-state index in [9.17, 15) is 0 Å². The Balaban J connectivity index is 1.29. The van der Waals surface area contributed by atoms with Gasteiger partial charge in [0, 0.05) is 18.2 Å². The molecule has 1 fully saturated rings. The largest absolute Gasteiger partial charge is 0.496 e. The summed E-state index contributed by atoms with van der Waals surface area (Å²) in [7, 11) is 1.76. The molecule has 0 bridgehead atoms. The third kappa shape index (κ3) is 7.68. The minimum atomic E-state index is 0.428. The molecule has 1 heterocycles. The molecule has 1 N–H and O–H groups in total. The molecule has 4 rings (SSSR count). The molecule has 1 aliphatic rings. The highest BCUT2D eigenvalue weighted by Gasteiger charge is 2.32. The molecule has 2 unspecified atom stereocenters. The molecule has 0 radical (unpaired) electrons. The molecule has 0 saturated carbocycles. The minimum absolute atomic E-state index is 0.428. The summed E-state index contributed by atoms with van der Waals surface area (Å²) >= 11 is 0. The van der Waals surface area contributed by atoms with Crippen molar-refractivity contribution in [2.75, 3.05) is 20.2 Å². The number of hydrogen-bond donors (Lipinski definition) is 1. The van der Waals surface area contributed by atoms with Crippen LogP contribution in [-0.2, 0) is 13.0 Å².